The highest BCUT2D eigenvalue weighted by Crippen LogP contribution is 2.19. The van der Waals surface area contributed by atoms with E-state index in [0.717, 1.165) is 0 Å². The van der Waals surface area contributed by atoms with Crippen LogP contribution in [0.2, 0.25) is 0 Å². The van der Waals surface area contributed by atoms with Gasteiger partial charge in [-0.2, -0.15) is 5.10 Å². The highest BCUT2D eigenvalue weighted by molar-refractivity contribution is 5.93. The number of carbonyl (C=O) groups excluding carboxylic acids is 1. The molecule has 4 aromatic rings. The summed E-state index contributed by atoms with van der Waals surface area (Å²) < 4.78 is 7.98. The Morgan fingerprint density at radius 3 is 2.76 bits per heavy atom. The van der Waals surface area contributed by atoms with Crippen molar-refractivity contribution < 1.29 is 9.21 Å². The van der Waals surface area contributed by atoms with Crippen LogP contribution in [0.5, 0.6) is 0 Å². The van der Waals surface area contributed by atoms with Crippen LogP contribution in [-0.2, 0) is 11.3 Å². The maximum Gasteiger partial charge on any atom is 0.420 e. The molecule has 4 rings (SSSR count). The second kappa shape index (κ2) is 6.08. The number of nitrogens with zero attached hydrogens (tertiary/aromatic N) is 4. The van der Waals surface area contributed by atoms with Crippen LogP contribution in [0.4, 0.5) is 5.69 Å². The number of benzene rings is 2. The first-order valence-electron chi connectivity index (χ1n) is 7.54. The van der Waals surface area contributed by atoms with Gasteiger partial charge in [-0.15, -0.1) is 0 Å². The molecule has 1 N–H and O–H groups in total. The molecule has 124 valence electrons. The highest BCUT2D eigenvalue weighted by atomic mass is 16.4. The molecule has 25 heavy (non-hydrogen) atoms. The van der Waals surface area contributed by atoms with Gasteiger partial charge in [0.1, 0.15) is 19.2 Å². The molecule has 0 saturated carbocycles. The van der Waals surface area contributed by atoms with Crippen molar-refractivity contribution in [2.45, 2.75) is 6.54 Å². The average Bonchev–Trinajstić information content (AvgIpc) is 3.24. The van der Waals surface area contributed by atoms with E-state index in [1.54, 1.807) is 47.4 Å². The van der Waals surface area contributed by atoms with Crippen molar-refractivity contribution in [3.63, 3.8) is 0 Å². The summed E-state index contributed by atoms with van der Waals surface area (Å²) in [7, 11) is 0. The Morgan fingerprint density at radius 1 is 1.12 bits per heavy atom. The Kier molecular flexibility index (Phi) is 3.62. The van der Waals surface area contributed by atoms with E-state index in [1.165, 1.54) is 10.9 Å². The minimum absolute atomic E-state index is 0.151. The average molecular weight is 335 g/mol. The minimum Gasteiger partial charge on any atom is -0.408 e. The predicted molar refractivity (Wildman–Crippen MR) is 90.5 cm³/mol. The van der Waals surface area contributed by atoms with Gasteiger partial charge in [0.05, 0.1) is 16.9 Å². The molecule has 2 heterocycles. The Bertz CT molecular complexity index is 1090. The summed E-state index contributed by atoms with van der Waals surface area (Å²) in [6.45, 7) is -0.151. The fourth-order valence-electron chi connectivity index (χ4n) is 2.61. The first-order valence-corrected chi connectivity index (χ1v) is 7.54. The third-order valence-electron chi connectivity index (χ3n) is 3.72. The SMILES string of the molecule is O=C(Cn1c(=O)oc2ccccc21)Nc1ccccc1-n1cncn1. The van der Waals surface area contributed by atoms with Crippen LogP contribution in [0.15, 0.2) is 70.4 Å². The largest absolute Gasteiger partial charge is 0.420 e. The fourth-order valence-corrected chi connectivity index (χ4v) is 2.61. The lowest BCUT2D eigenvalue weighted by molar-refractivity contribution is -0.116. The number of rotatable bonds is 4. The van der Waals surface area contributed by atoms with Crippen molar-refractivity contribution in [1.29, 1.82) is 0 Å². The number of nitrogens with one attached hydrogen (secondary N) is 1. The number of anilines is 1. The van der Waals surface area contributed by atoms with Gasteiger partial charge < -0.3 is 9.73 Å². The van der Waals surface area contributed by atoms with Crippen LogP contribution in [0.3, 0.4) is 0 Å². The molecule has 8 nitrogen and oxygen atoms in total. The molecule has 0 radical (unpaired) electrons. The van der Waals surface area contributed by atoms with Crippen molar-refractivity contribution in [2.24, 2.45) is 0 Å². The molecule has 0 saturated heterocycles. The van der Waals surface area contributed by atoms with Crippen LogP contribution in [-0.4, -0.2) is 25.2 Å². The van der Waals surface area contributed by atoms with E-state index in [9.17, 15) is 9.59 Å². The lowest BCUT2D eigenvalue weighted by Crippen LogP contribution is -2.25. The van der Waals surface area contributed by atoms with E-state index < -0.39 is 5.76 Å². The van der Waals surface area contributed by atoms with Crippen LogP contribution >= 0.6 is 0 Å². The number of fused-ring (bicyclic) bond motifs is 1. The minimum atomic E-state index is -0.569. The molecular weight excluding hydrogens is 322 g/mol. The second-order valence-electron chi connectivity index (χ2n) is 5.33. The smallest absolute Gasteiger partial charge is 0.408 e. The summed E-state index contributed by atoms with van der Waals surface area (Å²) in [6, 6.07) is 14.2. The van der Waals surface area contributed by atoms with Gasteiger partial charge in [-0.1, -0.05) is 24.3 Å². The summed E-state index contributed by atoms with van der Waals surface area (Å²) in [6.07, 6.45) is 2.95. The van der Waals surface area contributed by atoms with E-state index >= 15 is 0 Å². The second-order valence-corrected chi connectivity index (χ2v) is 5.33. The zero-order valence-electron chi connectivity index (χ0n) is 13.0. The Morgan fingerprint density at radius 2 is 1.92 bits per heavy atom. The molecule has 0 unspecified atom stereocenters. The van der Waals surface area contributed by atoms with Crippen molar-refractivity contribution in [1.82, 2.24) is 19.3 Å². The Labute approximate surface area is 141 Å². The summed E-state index contributed by atoms with van der Waals surface area (Å²) in [4.78, 5) is 28.3. The molecule has 8 heteroatoms. The van der Waals surface area contributed by atoms with Gasteiger partial charge in [-0.3, -0.25) is 9.36 Å². The van der Waals surface area contributed by atoms with Gasteiger partial charge in [0.2, 0.25) is 5.91 Å². The van der Waals surface area contributed by atoms with Crippen LogP contribution in [0.25, 0.3) is 16.8 Å². The number of amides is 1. The molecule has 0 bridgehead atoms. The van der Waals surface area contributed by atoms with Crippen molar-refractivity contribution in [3.8, 4) is 5.69 Å². The number of hydrogen-bond acceptors (Lipinski definition) is 5. The molecule has 2 aromatic carbocycles. The van der Waals surface area contributed by atoms with E-state index in [0.29, 0.717) is 22.5 Å². The standard InChI is InChI=1S/C17H13N5O3/c23-16(9-21-14-7-3-4-8-15(14)25-17(21)24)20-12-5-1-2-6-13(12)22-11-18-10-19-22/h1-8,10-11H,9H2,(H,20,23). The number of hydrogen-bond donors (Lipinski definition) is 1. The number of carbonyl (C=O) groups is 1. The molecule has 0 fully saturated rings. The van der Waals surface area contributed by atoms with Crippen molar-refractivity contribution in [3.05, 3.63) is 71.7 Å². The number of oxazole rings is 1. The maximum atomic E-state index is 12.4. The van der Waals surface area contributed by atoms with Crippen molar-refractivity contribution in [2.75, 3.05) is 5.32 Å². The van der Waals surface area contributed by atoms with Crippen LogP contribution in [0.1, 0.15) is 0 Å². The van der Waals surface area contributed by atoms with E-state index in [4.69, 9.17) is 4.42 Å². The zero-order chi connectivity index (χ0) is 17.2. The quantitative estimate of drug-likeness (QED) is 0.614. The third kappa shape index (κ3) is 2.80. The molecule has 0 aliphatic rings. The number of aromatic nitrogens is 4. The Balaban J connectivity index is 1.61. The van der Waals surface area contributed by atoms with Crippen LogP contribution in [0, 0.1) is 0 Å². The molecular formula is C17H13N5O3. The zero-order valence-corrected chi connectivity index (χ0v) is 13.0. The van der Waals surface area contributed by atoms with E-state index in [2.05, 4.69) is 15.4 Å². The monoisotopic (exact) mass is 335 g/mol. The maximum absolute atomic E-state index is 12.4. The summed E-state index contributed by atoms with van der Waals surface area (Å²) in [5.74, 6) is -0.915. The molecule has 0 aliphatic carbocycles. The van der Waals surface area contributed by atoms with Gasteiger partial charge in [0.15, 0.2) is 5.58 Å². The summed E-state index contributed by atoms with van der Waals surface area (Å²) in [5.41, 5.74) is 2.27. The van der Waals surface area contributed by atoms with Gasteiger partial charge in [0, 0.05) is 0 Å². The Hall–Kier alpha value is -3.68. The lowest BCUT2D eigenvalue weighted by Gasteiger charge is -2.10. The van der Waals surface area contributed by atoms with Gasteiger partial charge >= 0.3 is 5.76 Å². The first kappa shape index (κ1) is 14.9. The highest BCUT2D eigenvalue weighted by Gasteiger charge is 2.14. The number of para-hydroxylation sites is 4. The van der Waals surface area contributed by atoms with Gasteiger partial charge in [-0.25, -0.2) is 14.5 Å². The van der Waals surface area contributed by atoms with Crippen molar-refractivity contribution >= 4 is 22.7 Å². The third-order valence-corrected chi connectivity index (χ3v) is 3.72. The fraction of sp³-hybridized carbons (Fsp3) is 0.0588. The summed E-state index contributed by atoms with van der Waals surface area (Å²) in [5, 5.41) is 6.87. The van der Waals surface area contributed by atoms with E-state index in [1.807, 2.05) is 12.1 Å². The van der Waals surface area contributed by atoms with Crippen LogP contribution < -0.4 is 11.1 Å². The van der Waals surface area contributed by atoms with Gasteiger partial charge in [-0.05, 0) is 24.3 Å². The van der Waals surface area contributed by atoms with E-state index in [-0.39, 0.29) is 12.5 Å². The normalized spacial score (nSPS) is 10.9. The van der Waals surface area contributed by atoms with Gasteiger partial charge in [0.25, 0.3) is 0 Å². The first-order chi connectivity index (χ1) is 12.2. The molecule has 0 spiro atoms. The molecule has 0 aliphatic heterocycles. The molecule has 2 aromatic heterocycles. The lowest BCUT2D eigenvalue weighted by atomic mass is 10.2. The molecule has 0 atom stereocenters. The topological polar surface area (TPSA) is 94.9 Å². The predicted octanol–water partition coefficient (Wildman–Crippen LogP) is 1.81. The molecule has 1 amide bonds. The summed E-state index contributed by atoms with van der Waals surface area (Å²) >= 11 is 0.